The molecule has 18 heavy (non-hydrogen) atoms. The fourth-order valence-electron chi connectivity index (χ4n) is 1.90. The van der Waals surface area contributed by atoms with Gasteiger partial charge in [0.15, 0.2) is 0 Å². The molecule has 1 amide bonds. The van der Waals surface area contributed by atoms with Crippen LogP contribution < -0.4 is 10.2 Å². The zero-order chi connectivity index (χ0) is 13.5. The minimum absolute atomic E-state index is 0.0300. The number of carbonyl (C=O) groups is 1. The monoisotopic (exact) mass is 250 g/mol. The van der Waals surface area contributed by atoms with Crippen molar-refractivity contribution < 1.29 is 9.90 Å². The summed E-state index contributed by atoms with van der Waals surface area (Å²) in [7, 11) is 1.63. The minimum atomic E-state index is -0.486. The highest BCUT2D eigenvalue weighted by Gasteiger charge is 2.16. The molecule has 1 rings (SSSR count). The third-order valence-corrected chi connectivity index (χ3v) is 3.02. The van der Waals surface area contributed by atoms with Crippen molar-refractivity contribution in [3.8, 4) is 0 Å². The number of likely N-dealkylation sites (N-methyl/N-ethyl adjacent to an activating group) is 2. The van der Waals surface area contributed by atoms with Crippen molar-refractivity contribution in [1.29, 1.82) is 0 Å². The second-order valence-corrected chi connectivity index (χ2v) is 4.17. The standard InChI is InChI=1S/C14H22N2O2/c1-4-13(17)11-8-6-7-9-12(11)16(5-2)10-14(18)15-3/h6-9,13,17H,4-5,10H2,1-3H3,(H,15,18)/t13-/m0/s1. The van der Waals surface area contributed by atoms with E-state index in [0.29, 0.717) is 13.0 Å². The first-order valence-corrected chi connectivity index (χ1v) is 6.36. The van der Waals surface area contributed by atoms with Gasteiger partial charge >= 0.3 is 0 Å². The van der Waals surface area contributed by atoms with Crippen LogP contribution in [0.25, 0.3) is 0 Å². The molecular weight excluding hydrogens is 228 g/mol. The second kappa shape index (κ2) is 7.01. The number of hydrogen-bond donors (Lipinski definition) is 2. The molecule has 0 bridgehead atoms. The molecule has 0 unspecified atom stereocenters. The molecule has 0 heterocycles. The average Bonchev–Trinajstić information content (AvgIpc) is 2.43. The van der Waals surface area contributed by atoms with E-state index in [-0.39, 0.29) is 5.91 Å². The van der Waals surface area contributed by atoms with Gasteiger partial charge in [0.05, 0.1) is 12.6 Å². The van der Waals surface area contributed by atoms with Gasteiger partial charge in [-0.15, -0.1) is 0 Å². The SMILES string of the molecule is CC[C@H](O)c1ccccc1N(CC)CC(=O)NC. The van der Waals surface area contributed by atoms with Crippen LogP contribution in [0.5, 0.6) is 0 Å². The van der Waals surface area contributed by atoms with Crippen molar-refractivity contribution in [2.75, 3.05) is 25.0 Å². The van der Waals surface area contributed by atoms with Crippen LogP contribution in [0.15, 0.2) is 24.3 Å². The Kier molecular flexibility index (Phi) is 5.65. The summed E-state index contributed by atoms with van der Waals surface area (Å²) in [4.78, 5) is 13.5. The van der Waals surface area contributed by atoms with Gasteiger partial charge < -0.3 is 15.3 Å². The summed E-state index contributed by atoms with van der Waals surface area (Å²) < 4.78 is 0. The van der Waals surface area contributed by atoms with Gasteiger partial charge in [-0.25, -0.2) is 0 Å². The molecule has 1 atom stereocenters. The number of nitrogens with one attached hydrogen (secondary N) is 1. The predicted octanol–water partition coefficient (Wildman–Crippen LogP) is 1.70. The number of benzene rings is 1. The number of amides is 1. The zero-order valence-corrected chi connectivity index (χ0v) is 11.3. The molecular formula is C14H22N2O2. The first-order chi connectivity index (χ1) is 8.63. The highest BCUT2D eigenvalue weighted by Crippen LogP contribution is 2.27. The summed E-state index contributed by atoms with van der Waals surface area (Å²) in [6.45, 7) is 4.97. The predicted molar refractivity (Wildman–Crippen MR) is 73.6 cm³/mol. The normalized spacial score (nSPS) is 12.0. The number of aliphatic hydroxyl groups excluding tert-OH is 1. The fourth-order valence-corrected chi connectivity index (χ4v) is 1.90. The van der Waals surface area contributed by atoms with Crippen molar-refractivity contribution >= 4 is 11.6 Å². The van der Waals surface area contributed by atoms with Crippen LogP contribution in [0.3, 0.4) is 0 Å². The van der Waals surface area contributed by atoms with E-state index in [1.807, 2.05) is 43.0 Å². The van der Waals surface area contributed by atoms with Gasteiger partial charge in [-0.1, -0.05) is 25.1 Å². The van der Waals surface area contributed by atoms with Crippen LogP contribution in [0.4, 0.5) is 5.69 Å². The van der Waals surface area contributed by atoms with Gasteiger partial charge in [0.1, 0.15) is 0 Å². The molecule has 0 saturated carbocycles. The Morgan fingerprint density at radius 3 is 2.61 bits per heavy atom. The summed E-state index contributed by atoms with van der Waals surface area (Å²) in [6, 6.07) is 7.69. The number of hydrogen-bond acceptors (Lipinski definition) is 3. The Hall–Kier alpha value is -1.55. The summed E-state index contributed by atoms with van der Waals surface area (Å²) in [6.07, 6.45) is 0.175. The summed E-state index contributed by atoms with van der Waals surface area (Å²) in [5.41, 5.74) is 1.81. The maximum absolute atomic E-state index is 11.5. The highest BCUT2D eigenvalue weighted by atomic mass is 16.3. The molecule has 100 valence electrons. The lowest BCUT2D eigenvalue weighted by Crippen LogP contribution is -2.36. The summed E-state index contributed by atoms with van der Waals surface area (Å²) in [5.74, 6) is -0.0300. The first-order valence-electron chi connectivity index (χ1n) is 6.36. The molecule has 0 radical (unpaired) electrons. The smallest absolute Gasteiger partial charge is 0.239 e. The highest BCUT2D eigenvalue weighted by molar-refractivity contribution is 5.81. The summed E-state index contributed by atoms with van der Waals surface area (Å²) in [5, 5.41) is 12.6. The molecule has 0 aliphatic rings. The van der Waals surface area contributed by atoms with Crippen LogP contribution in [0.1, 0.15) is 31.9 Å². The maximum atomic E-state index is 11.5. The molecule has 1 aromatic rings. The Labute approximate surface area is 109 Å². The van der Waals surface area contributed by atoms with Gasteiger partial charge in [0, 0.05) is 24.8 Å². The Balaban J connectivity index is 3.01. The van der Waals surface area contributed by atoms with Gasteiger partial charge in [-0.3, -0.25) is 4.79 Å². The van der Waals surface area contributed by atoms with E-state index >= 15 is 0 Å². The molecule has 0 fully saturated rings. The molecule has 1 aromatic carbocycles. The van der Waals surface area contributed by atoms with Crippen molar-refractivity contribution in [2.24, 2.45) is 0 Å². The Morgan fingerprint density at radius 1 is 1.39 bits per heavy atom. The molecule has 0 aliphatic carbocycles. The molecule has 0 saturated heterocycles. The average molecular weight is 250 g/mol. The van der Waals surface area contributed by atoms with Gasteiger partial charge in [-0.05, 0) is 19.4 Å². The summed E-state index contributed by atoms with van der Waals surface area (Å²) >= 11 is 0. The van der Waals surface area contributed by atoms with E-state index in [2.05, 4.69) is 5.32 Å². The van der Waals surface area contributed by atoms with E-state index < -0.39 is 6.10 Å². The molecule has 0 aromatic heterocycles. The van der Waals surface area contributed by atoms with Crippen LogP contribution >= 0.6 is 0 Å². The van der Waals surface area contributed by atoms with Gasteiger partial charge in [0.25, 0.3) is 0 Å². The van der Waals surface area contributed by atoms with E-state index in [1.165, 1.54) is 0 Å². The number of aliphatic hydroxyl groups is 1. The van der Waals surface area contributed by atoms with E-state index in [1.54, 1.807) is 7.05 Å². The topological polar surface area (TPSA) is 52.6 Å². The number of para-hydroxylation sites is 1. The minimum Gasteiger partial charge on any atom is -0.388 e. The quantitative estimate of drug-likeness (QED) is 0.808. The third-order valence-electron chi connectivity index (χ3n) is 3.02. The van der Waals surface area contributed by atoms with Crippen molar-refractivity contribution in [3.05, 3.63) is 29.8 Å². The third kappa shape index (κ3) is 3.47. The Bertz CT molecular complexity index is 393. The molecule has 0 spiro atoms. The van der Waals surface area contributed by atoms with E-state index in [9.17, 15) is 9.90 Å². The number of anilines is 1. The van der Waals surface area contributed by atoms with E-state index in [0.717, 1.165) is 17.8 Å². The fraction of sp³-hybridized carbons (Fsp3) is 0.500. The van der Waals surface area contributed by atoms with E-state index in [4.69, 9.17) is 0 Å². The molecule has 4 heteroatoms. The van der Waals surface area contributed by atoms with Crippen molar-refractivity contribution in [1.82, 2.24) is 5.32 Å². The lowest BCUT2D eigenvalue weighted by molar-refractivity contribution is -0.119. The Morgan fingerprint density at radius 2 is 2.06 bits per heavy atom. The van der Waals surface area contributed by atoms with Crippen LogP contribution in [0, 0.1) is 0 Å². The molecule has 0 aliphatic heterocycles. The molecule has 4 nitrogen and oxygen atoms in total. The second-order valence-electron chi connectivity index (χ2n) is 4.17. The largest absolute Gasteiger partial charge is 0.388 e. The van der Waals surface area contributed by atoms with Crippen LogP contribution in [-0.4, -0.2) is 31.2 Å². The number of rotatable bonds is 6. The number of nitrogens with zero attached hydrogens (tertiary/aromatic N) is 1. The number of carbonyl (C=O) groups excluding carboxylic acids is 1. The first kappa shape index (κ1) is 14.5. The lowest BCUT2D eigenvalue weighted by Gasteiger charge is -2.26. The molecule has 2 N–H and O–H groups in total. The van der Waals surface area contributed by atoms with Crippen molar-refractivity contribution in [3.63, 3.8) is 0 Å². The maximum Gasteiger partial charge on any atom is 0.239 e. The van der Waals surface area contributed by atoms with Crippen molar-refractivity contribution in [2.45, 2.75) is 26.4 Å². The lowest BCUT2D eigenvalue weighted by atomic mass is 10.0. The van der Waals surface area contributed by atoms with Crippen LogP contribution in [-0.2, 0) is 4.79 Å². The van der Waals surface area contributed by atoms with Gasteiger partial charge in [-0.2, -0.15) is 0 Å². The van der Waals surface area contributed by atoms with Gasteiger partial charge in [0.2, 0.25) is 5.91 Å². The van der Waals surface area contributed by atoms with Crippen LogP contribution in [0.2, 0.25) is 0 Å². The zero-order valence-electron chi connectivity index (χ0n) is 11.3.